The van der Waals surface area contributed by atoms with Gasteiger partial charge in [-0.3, -0.25) is 4.79 Å². The highest BCUT2D eigenvalue weighted by molar-refractivity contribution is 6.30. The Morgan fingerprint density at radius 1 is 1.19 bits per heavy atom. The third-order valence-electron chi connectivity index (χ3n) is 4.40. The van der Waals surface area contributed by atoms with Crippen LogP contribution < -0.4 is 4.74 Å². The van der Waals surface area contributed by atoms with Crippen molar-refractivity contribution in [3.8, 4) is 5.75 Å². The number of ether oxygens (including phenoxy) is 2. The molecule has 2 aromatic carbocycles. The molecule has 144 valence electrons. The maximum atomic E-state index is 13.7. The Morgan fingerprint density at radius 3 is 2.70 bits per heavy atom. The molecule has 1 amide bonds. The number of hydrogen-bond donors (Lipinski definition) is 0. The first-order chi connectivity index (χ1) is 13.0. The number of hydrogen-bond acceptors (Lipinski definition) is 3. The maximum absolute atomic E-state index is 13.7. The van der Waals surface area contributed by atoms with E-state index in [0.29, 0.717) is 29.4 Å². The Kier molecular flexibility index (Phi) is 6.63. The zero-order chi connectivity index (χ0) is 19.2. The van der Waals surface area contributed by atoms with Gasteiger partial charge in [0.15, 0.2) is 6.61 Å². The minimum Gasteiger partial charge on any atom is -0.484 e. The van der Waals surface area contributed by atoms with Crippen LogP contribution in [0.5, 0.6) is 5.75 Å². The van der Waals surface area contributed by atoms with Gasteiger partial charge in [-0.05, 0) is 43.2 Å². The van der Waals surface area contributed by atoms with Crippen LogP contribution in [0.4, 0.5) is 8.78 Å². The second-order valence-electron chi connectivity index (χ2n) is 6.39. The molecule has 0 saturated carbocycles. The first-order valence-corrected chi connectivity index (χ1v) is 9.11. The van der Waals surface area contributed by atoms with Gasteiger partial charge in [-0.25, -0.2) is 8.78 Å². The summed E-state index contributed by atoms with van der Waals surface area (Å²) in [6, 6.07) is 10.2. The highest BCUT2D eigenvalue weighted by Gasteiger charge is 2.24. The number of benzene rings is 2. The SMILES string of the molecule is O=C(COc1ccc(Cl)cc1)N1CCCC(OCc2ccc(F)cc2F)C1. The Balaban J connectivity index is 1.48. The molecule has 0 N–H and O–H groups in total. The molecular weight excluding hydrogens is 376 g/mol. The van der Waals surface area contributed by atoms with Gasteiger partial charge in [0, 0.05) is 29.7 Å². The number of amides is 1. The molecule has 2 aromatic rings. The van der Waals surface area contributed by atoms with E-state index in [1.165, 1.54) is 12.1 Å². The van der Waals surface area contributed by atoms with Crippen molar-refractivity contribution in [2.75, 3.05) is 19.7 Å². The van der Waals surface area contributed by atoms with E-state index in [1.54, 1.807) is 29.2 Å². The zero-order valence-electron chi connectivity index (χ0n) is 14.7. The molecule has 7 heteroatoms. The summed E-state index contributed by atoms with van der Waals surface area (Å²) in [4.78, 5) is 14.1. The van der Waals surface area contributed by atoms with Crippen LogP contribution in [-0.2, 0) is 16.1 Å². The van der Waals surface area contributed by atoms with Crippen molar-refractivity contribution in [3.63, 3.8) is 0 Å². The Bertz CT molecular complexity index is 785. The molecule has 27 heavy (non-hydrogen) atoms. The van der Waals surface area contributed by atoms with Crippen molar-refractivity contribution < 1.29 is 23.0 Å². The lowest BCUT2D eigenvalue weighted by Gasteiger charge is -2.32. The van der Waals surface area contributed by atoms with Crippen molar-refractivity contribution in [1.29, 1.82) is 0 Å². The van der Waals surface area contributed by atoms with E-state index < -0.39 is 11.6 Å². The topological polar surface area (TPSA) is 38.8 Å². The van der Waals surface area contributed by atoms with E-state index >= 15 is 0 Å². The molecule has 4 nitrogen and oxygen atoms in total. The molecule has 1 aliphatic rings. The fourth-order valence-electron chi connectivity index (χ4n) is 2.91. The van der Waals surface area contributed by atoms with Crippen molar-refractivity contribution in [3.05, 3.63) is 64.7 Å². The molecule has 0 aromatic heterocycles. The van der Waals surface area contributed by atoms with Gasteiger partial charge in [0.05, 0.1) is 12.7 Å². The summed E-state index contributed by atoms with van der Waals surface area (Å²) in [6.45, 7) is 1.03. The van der Waals surface area contributed by atoms with Gasteiger partial charge < -0.3 is 14.4 Å². The third kappa shape index (κ3) is 5.65. The van der Waals surface area contributed by atoms with Crippen LogP contribution in [0.3, 0.4) is 0 Å². The molecule has 1 fully saturated rings. The van der Waals surface area contributed by atoms with Crippen molar-refractivity contribution in [2.45, 2.75) is 25.6 Å². The van der Waals surface area contributed by atoms with E-state index in [4.69, 9.17) is 21.1 Å². The summed E-state index contributed by atoms with van der Waals surface area (Å²) in [6.07, 6.45) is 1.39. The molecule has 1 saturated heterocycles. The van der Waals surface area contributed by atoms with Crippen LogP contribution >= 0.6 is 11.6 Å². The van der Waals surface area contributed by atoms with Crippen LogP contribution in [0.2, 0.25) is 5.02 Å². The highest BCUT2D eigenvalue weighted by Crippen LogP contribution is 2.19. The number of carbonyl (C=O) groups is 1. The number of rotatable bonds is 6. The summed E-state index contributed by atoms with van der Waals surface area (Å²) in [5.74, 6) is -0.808. The van der Waals surface area contributed by atoms with Crippen LogP contribution in [0.15, 0.2) is 42.5 Å². The Morgan fingerprint density at radius 2 is 1.96 bits per heavy atom. The van der Waals surface area contributed by atoms with Crippen molar-refractivity contribution in [1.82, 2.24) is 4.90 Å². The summed E-state index contributed by atoms with van der Waals surface area (Å²) in [5.41, 5.74) is 0.297. The lowest BCUT2D eigenvalue weighted by molar-refractivity contribution is -0.137. The molecule has 1 aliphatic heterocycles. The van der Waals surface area contributed by atoms with E-state index in [0.717, 1.165) is 18.9 Å². The van der Waals surface area contributed by atoms with E-state index in [2.05, 4.69) is 0 Å². The average Bonchev–Trinajstić information content (AvgIpc) is 2.67. The third-order valence-corrected chi connectivity index (χ3v) is 4.65. The molecule has 3 rings (SSSR count). The van der Waals surface area contributed by atoms with Gasteiger partial charge in [0.2, 0.25) is 0 Å². The molecule has 0 radical (unpaired) electrons. The lowest BCUT2D eigenvalue weighted by atomic mass is 10.1. The predicted octanol–water partition coefficient (Wildman–Crippen LogP) is 4.20. The monoisotopic (exact) mass is 395 g/mol. The van der Waals surface area contributed by atoms with Gasteiger partial charge in [-0.15, -0.1) is 0 Å². The number of carbonyl (C=O) groups excluding carboxylic acids is 1. The fourth-order valence-corrected chi connectivity index (χ4v) is 3.04. The minimum absolute atomic E-state index is 0.0418. The smallest absolute Gasteiger partial charge is 0.260 e. The van der Waals surface area contributed by atoms with Crippen molar-refractivity contribution >= 4 is 17.5 Å². The highest BCUT2D eigenvalue weighted by atomic mass is 35.5. The molecule has 0 bridgehead atoms. The lowest BCUT2D eigenvalue weighted by Crippen LogP contribution is -2.45. The fraction of sp³-hybridized carbons (Fsp3) is 0.350. The van der Waals surface area contributed by atoms with Gasteiger partial charge >= 0.3 is 0 Å². The summed E-state index contributed by atoms with van der Waals surface area (Å²) in [5, 5.41) is 0.599. The van der Waals surface area contributed by atoms with Gasteiger partial charge in [-0.1, -0.05) is 17.7 Å². The van der Waals surface area contributed by atoms with Crippen LogP contribution in [0.1, 0.15) is 18.4 Å². The van der Waals surface area contributed by atoms with Crippen LogP contribution in [0, 0.1) is 11.6 Å². The first kappa shape index (κ1) is 19.6. The molecule has 0 aliphatic carbocycles. The number of halogens is 3. The largest absolute Gasteiger partial charge is 0.484 e. The van der Waals surface area contributed by atoms with Gasteiger partial charge in [0.1, 0.15) is 17.4 Å². The van der Waals surface area contributed by atoms with Crippen molar-refractivity contribution in [2.24, 2.45) is 0 Å². The minimum atomic E-state index is -0.630. The normalized spacial score (nSPS) is 17.0. The molecule has 1 heterocycles. The molecule has 0 spiro atoms. The molecular formula is C20H20ClF2NO3. The number of likely N-dealkylation sites (tertiary alicyclic amines) is 1. The molecule has 1 unspecified atom stereocenters. The predicted molar refractivity (Wildman–Crippen MR) is 97.7 cm³/mol. The number of piperidine rings is 1. The summed E-state index contributed by atoms with van der Waals surface area (Å²) < 4.78 is 37.9. The number of nitrogens with zero attached hydrogens (tertiary/aromatic N) is 1. The van der Waals surface area contributed by atoms with Gasteiger partial charge in [-0.2, -0.15) is 0 Å². The van der Waals surface area contributed by atoms with Crippen LogP contribution in [0.25, 0.3) is 0 Å². The Labute approximate surface area is 161 Å². The van der Waals surface area contributed by atoms with E-state index in [-0.39, 0.29) is 25.2 Å². The zero-order valence-corrected chi connectivity index (χ0v) is 15.4. The summed E-state index contributed by atoms with van der Waals surface area (Å²) in [7, 11) is 0. The second-order valence-corrected chi connectivity index (χ2v) is 6.83. The van der Waals surface area contributed by atoms with E-state index in [1.807, 2.05) is 0 Å². The summed E-state index contributed by atoms with van der Waals surface area (Å²) >= 11 is 5.82. The Hall–Kier alpha value is -2.18. The second kappa shape index (κ2) is 9.15. The van der Waals surface area contributed by atoms with Crippen LogP contribution in [-0.4, -0.2) is 36.6 Å². The maximum Gasteiger partial charge on any atom is 0.260 e. The standard InChI is InChI=1S/C20H20ClF2NO3/c21-15-4-7-17(8-5-15)27-13-20(25)24-9-1-2-18(11-24)26-12-14-3-6-16(22)10-19(14)23/h3-8,10,18H,1-2,9,11-13H2. The van der Waals surface area contributed by atoms with Gasteiger partial charge in [0.25, 0.3) is 5.91 Å². The average molecular weight is 396 g/mol. The molecule has 1 atom stereocenters. The quantitative estimate of drug-likeness (QED) is 0.735. The first-order valence-electron chi connectivity index (χ1n) is 8.73. The van der Waals surface area contributed by atoms with E-state index in [9.17, 15) is 13.6 Å².